The highest BCUT2D eigenvalue weighted by Crippen LogP contribution is 2.30. The van der Waals surface area contributed by atoms with E-state index in [0.717, 1.165) is 45.6 Å². The lowest BCUT2D eigenvalue weighted by atomic mass is 10.0. The summed E-state index contributed by atoms with van der Waals surface area (Å²) in [5.74, 6) is 0. The van der Waals surface area contributed by atoms with E-state index < -0.39 is 0 Å². The zero-order valence-electron chi connectivity index (χ0n) is 10.8. The van der Waals surface area contributed by atoms with E-state index in [0.29, 0.717) is 6.04 Å². The van der Waals surface area contributed by atoms with Crippen molar-refractivity contribution in [2.75, 3.05) is 32.7 Å². The molecule has 0 aromatic rings. The number of piperazine rings is 1. The molecule has 1 heterocycles. The Morgan fingerprint density at radius 2 is 1.62 bits per heavy atom. The van der Waals surface area contributed by atoms with Crippen molar-refractivity contribution in [3.05, 3.63) is 0 Å². The zero-order chi connectivity index (χ0) is 11.6. The van der Waals surface area contributed by atoms with Gasteiger partial charge in [0.05, 0.1) is 5.60 Å². The summed E-state index contributed by atoms with van der Waals surface area (Å²) >= 11 is 0. The zero-order valence-corrected chi connectivity index (χ0v) is 10.8. The Bertz CT molecular complexity index is 216. The Kier molecular flexibility index (Phi) is 3.88. The van der Waals surface area contributed by atoms with Crippen LogP contribution >= 0.6 is 0 Å². The van der Waals surface area contributed by atoms with Crippen LogP contribution in [0.25, 0.3) is 0 Å². The topological polar surface area (TPSA) is 26.7 Å². The first-order chi connectivity index (χ1) is 7.59. The third kappa shape index (κ3) is 2.96. The molecule has 0 aromatic carbocycles. The Labute approximate surface area is 99.4 Å². The van der Waals surface area contributed by atoms with E-state index in [1.807, 2.05) is 0 Å². The molecule has 2 aliphatic rings. The number of aliphatic hydroxyl groups is 1. The highest BCUT2D eigenvalue weighted by atomic mass is 16.3. The maximum atomic E-state index is 10.4. The van der Waals surface area contributed by atoms with E-state index in [-0.39, 0.29) is 5.60 Å². The quantitative estimate of drug-likeness (QED) is 0.786. The van der Waals surface area contributed by atoms with Gasteiger partial charge in [0.25, 0.3) is 0 Å². The van der Waals surface area contributed by atoms with Gasteiger partial charge in [-0.1, -0.05) is 12.8 Å². The number of nitrogens with zero attached hydrogens (tertiary/aromatic N) is 2. The SMILES string of the molecule is CC(C)N1CCN(CC2(O)CCCC2)CC1. The van der Waals surface area contributed by atoms with Gasteiger partial charge in [-0.3, -0.25) is 9.80 Å². The second-order valence-electron chi connectivity index (χ2n) is 5.84. The van der Waals surface area contributed by atoms with E-state index in [1.165, 1.54) is 12.8 Å². The fourth-order valence-corrected chi connectivity index (χ4v) is 3.05. The Morgan fingerprint density at radius 3 is 2.12 bits per heavy atom. The molecule has 1 aliphatic carbocycles. The van der Waals surface area contributed by atoms with Crippen LogP contribution in [-0.4, -0.2) is 59.3 Å². The van der Waals surface area contributed by atoms with Crippen LogP contribution in [0, 0.1) is 0 Å². The minimum absolute atomic E-state index is 0.361. The van der Waals surface area contributed by atoms with Gasteiger partial charge in [0.15, 0.2) is 0 Å². The van der Waals surface area contributed by atoms with Gasteiger partial charge in [0, 0.05) is 38.8 Å². The molecule has 2 rings (SSSR count). The average Bonchev–Trinajstić information content (AvgIpc) is 2.65. The molecule has 0 spiro atoms. The van der Waals surface area contributed by atoms with Crippen LogP contribution in [0.5, 0.6) is 0 Å². The Balaban J connectivity index is 1.76. The fraction of sp³-hybridized carbons (Fsp3) is 1.00. The van der Waals surface area contributed by atoms with Crippen molar-refractivity contribution >= 4 is 0 Å². The van der Waals surface area contributed by atoms with Crippen LogP contribution in [0.4, 0.5) is 0 Å². The summed E-state index contributed by atoms with van der Waals surface area (Å²) in [6.07, 6.45) is 4.44. The highest BCUT2D eigenvalue weighted by molar-refractivity contribution is 4.88. The second kappa shape index (κ2) is 5.03. The Morgan fingerprint density at radius 1 is 1.06 bits per heavy atom. The molecule has 94 valence electrons. The van der Waals surface area contributed by atoms with Gasteiger partial charge in [-0.15, -0.1) is 0 Å². The van der Waals surface area contributed by atoms with Gasteiger partial charge in [0.2, 0.25) is 0 Å². The van der Waals surface area contributed by atoms with Crippen LogP contribution < -0.4 is 0 Å². The van der Waals surface area contributed by atoms with Gasteiger partial charge in [-0.2, -0.15) is 0 Å². The maximum Gasteiger partial charge on any atom is 0.0774 e. The van der Waals surface area contributed by atoms with Crippen molar-refractivity contribution in [1.29, 1.82) is 0 Å². The van der Waals surface area contributed by atoms with Gasteiger partial charge in [0.1, 0.15) is 0 Å². The first kappa shape index (κ1) is 12.3. The third-order valence-corrected chi connectivity index (χ3v) is 4.19. The normalized spacial score (nSPS) is 27.8. The molecule has 1 aliphatic heterocycles. The summed E-state index contributed by atoms with van der Waals surface area (Å²) < 4.78 is 0. The summed E-state index contributed by atoms with van der Waals surface area (Å²) in [6.45, 7) is 10.0. The molecule has 0 amide bonds. The first-order valence-corrected chi connectivity index (χ1v) is 6.78. The van der Waals surface area contributed by atoms with Crippen LogP contribution in [-0.2, 0) is 0 Å². The van der Waals surface area contributed by atoms with E-state index in [1.54, 1.807) is 0 Å². The number of β-amino-alcohol motifs (C(OH)–C–C–N with tert-alkyl or cyclic N) is 1. The van der Waals surface area contributed by atoms with Crippen molar-refractivity contribution in [1.82, 2.24) is 9.80 Å². The van der Waals surface area contributed by atoms with Gasteiger partial charge in [-0.05, 0) is 26.7 Å². The fourth-order valence-electron chi connectivity index (χ4n) is 3.05. The van der Waals surface area contributed by atoms with Crippen molar-refractivity contribution < 1.29 is 5.11 Å². The van der Waals surface area contributed by atoms with E-state index >= 15 is 0 Å². The Hall–Kier alpha value is -0.120. The predicted octanol–water partition coefficient (Wildman–Crippen LogP) is 1.32. The van der Waals surface area contributed by atoms with Crippen LogP contribution in [0.15, 0.2) is 0 Å². The van der Waals surface area contributed by atoms with Crippen molar-refractivity contribution in [2.45, 2.75) is 51.2 Å². The van der Waals surface area contributed by atoms with Gasteiger partial charge in [-0.25, -0.2) is 0 Å². The lowest BCUT2D eigenvalue weighted by Gasteiger charge is -2.39. The standard InChI is InChI=1S/C13H26N2O/c1-12(2)15-9-7-14(8-10-15)11-13(16)5-3-4-6-13/h12,16H,3-11H2,1-2H3. The molecule has 2 fully saturated rings. The summed E-state index contributed by atoms with van der Waals surface area (Å²) in [4.78, 5) is 4.97. The molecule has 1 saturated heterocycles. The van der Waals surface area contributed by atoms with Gasteiger partial charge < -0.3 is 5.11 Å². The summed E-state index contributed by atoms with van der Waals surface area (Å²) in [6, 6.07) is 0.664. The van der Waals surface area contributed by atoms with Crippen LogP contribution in [0.2, 0.25) is 0 Å². The molecular formula is C13H26N2O. The lowest BCUT2D eigenvalue weighted by Crippen LogP contribution is -2.52. The summed E-state index contributed by atoms with van der Waals surface area (Å²) in [5.41, 5.74) is -0.361. The smallest absolute Gasteiger partial charge is 0.0774 e. The van der Waals surface area contributed by atoms with Crippen molar-refractivity contribution in [3.63, 3.8) is 0 Å². The van der Waals surface area contributed by atoms with E-state index in [4.69, 9.17) is 0 Å². The van der Waals surface area contributed by atoms with Crippen LogP contribution in [0.1, 0.15) is 39.5 Å². The minimum Gasteiger partial charge on any atom is -0.389 e. The van der Waals surface area contributed by atoms with E-state index in [9.17, 15) is 5.11 Å². The third-order valence-electron chi connectivity index (χ3n) is 4.19. The predicted molar refractivity (Wildman–Crippen MR) is 66.6 cm³/mol. The molecule has 0 atom stereocenters. The van der Waals surface area contributed by atoms with Crippen molar-refractivity contribution in [2.24, 2.45) is 0 Å². The maximum absolute atomic E-state index is 10.4. The first-order valence-electron chi connectivity index (χ1n) is 6.78. The molecular weight excluding hydrogens is 200 g/mol. The highest BCUT2D eigenvalue weighted by Gasteiger charge is 2.33. The summed E-state index contributed by atoms with van der Waals surface area (Å²) in [7, 11) is 0. The van der Waals surface area contributed by atoms with Crippen molar-refractivity contribution in [3.8, 4) is 0 Å². The molecule has 1 saturated carbocycles. The molecule has 0 radical (unpaired) electrons. The number of hydrogen-bond donors (Lipinski definition) is 1. The molecule has 16 heavy (non-hydrogen) atoms. The van der Waals surface area contributed by atoms with Gasteiger partial charge >= 0.3 is 0 Å². The van der Waals surface area contributed by atoms with E-state index in [2.05, 4.69) is 23.6 Å². The molecule has 1 N–H and O–H groups in total. The largest absolute Gasteiger partial charge is 0.389 e. The number of rotatable bonds is 3. The molecule has 0 unspecified atom stereocenters. The summed E-state index contributed by atoms with van der Waals surface area (Å²) in [5, 5.41) is 10.4. The monoisotopic (exact) mass is 226 g/mol. The lowest BCUT2D eigenvalue weighted by molar-refractivity contribution is -0.00752. The molecule has 3 nitrogen and oxygen atoms in total. The average molecular weight is 226 g/mol. The molecule has 3 heteroatoms. The second-order valence-corrected chi connectivity index (χ2v) is 5.84. The number of hydrogen-bond acceptors (Lipinski definition) is 3. The minimum atomic E-state index is -0.361. The molecule has 0 aromatic heterocycles. The molecule has 0 bridgehead atoms. The van der Waals surface area contributed by atoms with Crippen LogP contribution in [0.3, 0.4) is 0 Å².